The molecule has 1 aliphatic rings. The Kier molecular flexibility index (Phi) is 3.87. The van der Waals surface area contributed by atoms with Crippen LogP contribution in [0.5, 0.6) is 0 Å². The fourth-order valence-corrected chi connectivity index (χ4v) is 1.89. The summed E-state index contributed by atoms with van der Waals surface area (Å²) in [6.07, 6.45) is 3.89. The van der Waals surface area contributed by atoms with E-state index in [1.807, 2.05) is 4.90 Å². The van der Waals surface area contributed by atoms with E-state index >= 15 is 0 Å². The second kappa shape index (κ2) is 5.58. The van der Waals surface area contributed by atoms with Crippen LogP contribution in [0.2, 0.25) is 0 Å². The Morgan fingerprint density at radius 3 is 2.47 bits per heavy atom. The van der Waals surface area contributed by atoms with Crippen LogP contribution in [0, 0.1) is 0 Å². The molecular formula is C11H17N5O. The van der Waals surface area contributed by atoms with Crippen molar-refractivity contribution < 1.29 is 4.79 Å². The van der Waals surface area contributed by atoms with Crippen molar-refractivity contribution in [1.82, 2.24) is 14.9 Å². The number of anilines is 1. The van der Waals surface area contributed by atoms with E-state index in [1.54, 1.807) is 18.5 Å². The molecule has 17 heavy (non-hydrogen) atoms. The Bertz CT molecular complexity index is 361. The van der Waals surface area contributed by atoms with Gasteiger partial charge in [0, 0.05) is 51.5 Å². The van der Waals surface area contributed by atoms with E-state index in [2.05, 4.69) is 14.9 Å². The van der Waals surface area contributed by atoms with Gasteiger partial charge in [-0.05, 0) is 6.07 Å². The minimum atomic E-state index is 0.140. The summed E-state index contributed by atoms with van der Waals surface area (Å²) < 4.78 is 0. The monoisotopic (exact) mass is 235 g/mol. The molecule has 0 bridgehead atoms. The normalized spacial score (nSPS) is 16.1. The van der Waals surface area contributed by atoms with Gasteiger partial charge in [-0.2, -0.15) is 0 Å². The zero-order valence-corrected chi connectivity index (χ0v) is 9.75. The summed E-state index contributed by atoms with van der Waals surface area (Å²) in [6, 6.07) is 1.80. The second-order valence-electron chi connectivity index (χ2n) is 3.96. The number of nitrogens with two attached hydrogens (primary N) is 1. The first-order valence-electron chi connectivity index (χ1n) is 5.81. The molecule has 2 N–H and O–H groups in total. The number of carbonyl (C=O) groups is 1. The molecule has 0 unspecified atom stereocenters. The van der Waals surface area contributed by atoms with Gasteiger partial charge in [0.05, 0.1) is 0 Å². The third-order valence-electron chi connectivity index (χ3n) is 2.83. The highest BCUT2D eigenvalue weighted by atomic mass is 16.2. The third kappa shape index (κ3) is 2.91. The molecule has 6 nitrogen and oxygen atoms in total. The molecule has 1 aliphatic heterocycles. The molecule has 1 aromatic rings. The molecule has 0 saturated carbocycles. The van der Waals surface area contributed by atoms with Gasteiger partial charge in [-0.25, -0.2) is 9.97 Å². The molecular weight excluding hydrogens is 218 g/mol. The van der Waals surface area contributed by atoms with E-state index in [0.717, 1.165) is 32.1 Å². The molecule has 1 aromatic heterocycles. The van der Waals surface area contributed by atoms with E-state index in [4.69, 9.17) is 5.73 Å². The van der Waals surface area contributed by atoms with Crippen LogP contribution in [0.25, 0.3) is 0 Å². The van der Waals surface area contributed by atoms with Crippen molar-refractivity contribution in [2.45, 2.75) is 6.42 Å². The molecule has 2 rings (SSSR count). The molecule has 2 heterocycles. The molecule has 1 amide bonds. The Morgan fingerprint density at radius 1 is 1.24 bits per heavy atom. The van der Waals surface area contributed by atoms with Crippen molar-refractivity contribution in [3.63, 3.8) is 0 Å². The van der Waals surface area contributed by atoms with Crippen LogP contribution < -0.4 is 10.6 Å². The number of hydrogen-bond acceptors (Lipinski definition) is 5. The number of carbonyl (C=O) groups excluding carboxylic acids is 1. The number of rotatable bonds is 3. The Balaban J connectivity index is 1.88. The van der Waals surface area contributed by atoms with Gasteiger partial charge < -0.3 is 15.5 Å². The predicted octanol–water partition coefficient (Wildman–Crippen LogP) is -0.526. The number of aromatic nitrogens is 2. The molecule has 0 radical (unpaired) electrons. The highest BCUT2D eigenvalue weighted by Gasteiger charge is 2.21. The van der Waals surface area contributed by atoms with Crippen LogP contribution in [0.4, 0.5) is 5.95 Å². The van der Waals surface area contributed by atoms with Crippen molar-refractivity contribution in [3.05, 3.63) is 18.5 Å². The van der Waals surface area contributed by atoms with Crippen molar-refractivity contribution in [2.24, 2.45) is 5.73 Å². The van der Waals surface area contributed by atoms with Crippen molar-refractivity contribution in [2.75, 3.05) is 37.6 Å². The Labute approximate surface area is 100 Å². The highest BCUT2D eigenvalue weighted by molar-refractivity contribution is 5.76. The van der Waals surface area contributed by atoms with Crippen molar-refractivity contribution >= 4 is 11.9 Å². The fourth-order valence-electron chi connectivity index (χ4n) is 1.89. The highest BCUT2D eigenvalue weighted by Crippen LogP contribution is 2.10. The standard InChI is InChI=1S/C11H17N5O/c12-3-2-10(17)15-6-8-16(9-7-15)11-13-4-1-5-14-11/h1,4-5H,2-3,6-9,12H2. The summed E-state index contributed by atoms with van der Waals surface area (Å²) in [7, 11) is 0. The lowest BCUT2D eigenvalue weighted by molar-refractivity contribution is -0.131. The van der Waals surface area contributed by atoms with Gasteiger partial charge in [0.25, 0.3) is 0 Å². The maximum atomic E-state index is 11.6. The van der Waals surface area contributed by atoms with Gasteiger partial charge >= 0.3 is 0 Å². The zero-order chi connectivity index (χ0) is 12.1. The summed E-state index contributed by atoms with van der Waals surface area (Å²) in [5, 5.41) is 0. The Morgan fingerprint density at radius 2 is 1.88 bits per heavy atom. The molecule has 1 saturated heterocycles. The summed E-state index contributed by atoms with van der Waals surface area (Å²) >= 11 is 0. The summed E-state index contributed by atoms with van der Waals surface area (Å²) in [5.41, 5.74) is 5.38. The second-order valence-corrected chi connectivity index (χ2v) is 3.96. The van der Waals surface area contributed by atoms with E-state index in [-0.39, 0.29) is 5.91 Å². The number of piperazine rings is 1. The average Bonchev–Trinajstić information content (AvgIpc) is 2.40. The van der Waals surface area contributed by atoms with Crippen LogP contribution in [-0.4, -0.2) is 53.5 Å². The van der Waals surface area contributed by atoms with Gasteiger partial charge in [0.1, 0.15) is 0 Å². The van der Waals surface area contributed by atoms with Crippen LogP contribution in [0.1, 0.15) is 6.42 Å². The lowest BCUT2D eigenvalue weighted by Gasteiger charge is -2.34. The van der Waals surface area contributed by atoms with E-state index < -0.39 is 0 Å². The molecule has 0 spiro atoms. The topological polar surface area (TPSA) is 75.4 Å². The van der Waals surface area contributed by atoms with Crippen LogP contribution in [-0.2, 0) is 4.79 Å². The van der Waals surface area contributed by atoms with Gasteiger partial charge in [-0.1, -0.05) is 0 Å². The molecule has 1 fully saturated rings. The van der Waals surface area contributed by atoms with E-state index in [9.17, 15) is 4.79 Å². The van der Waals surface area contributed by atoms with Crippen molar-refractivity contribution in [3.8, 4) is 0 Å². The first kappa shape index (κ1) is 11.8. The van der Waals surface area contributed by atoms with Gasteiger partial charge in [0.2, 0.25) is 11.9 Å². The molecule has 6 heteroatoms. The number of nitrogens with zero attached hydrogens (tertiary/aromatic N) is 4. The summed E-state index contributed by atoms with van der Waals surface area (Å²) in [5.74, 6) is 0.875. The summed E-state index contributed by atoms with van der Waals surface area (Å²) in [4.78, 5) is 24.0. The van der Waals surface area contributed by atoms with Crippen LogP contribution in [0.15, 0.2) is 18.5 Å². The first-order chi connectivity index (χ1) is 8.31. The Hall–Kier alpha value is -1.69. The van der Waals surface area contributed by atoms with E-state index in [1.165, 1.54) is 0 Å². The van der Waals surface area contributed by atoms with Crippen LogP contribution in [0.3, 0.4) is 0 Å². The molecule has 0 atom stereocenters. The quantitative estimate of drug-likeness (QED) is 0.762. The number of hydrogen-bond donors (Lipinski definition) is 1. The minimum absolute atomic E-state index is 0.140. The summed E-state index contributed by atoms with van der Waals surface area (Å²) in [6.45, 7) is 3.41. The zero-order valence-electron chi connectivity index (χ0n) is 9.75. The smallest absolute Gasteiger partial charge is 0.225 e. The van der Waals surface area contributed by atoms with Gasteiger partial charge in [0.15, 0.2) is 0 Å². The van der Waals surface area contributed by atoms with Crippen molar-refractivity contribution in [1.29, 1.82) is 0 Å². The average molecular weight is 235 g/mol. The maximum Gasteiger partial charge on any atom is 0.225 e. The SMILES string of the molecule is NCCC(=O)N1CCN(c2ncccn2)CC1. The van der Waals surface area contributed by atoms with Crippen LogP contribution >= 0.6 is 0 Å². The van der Waals surface area contributed by atoms with Gasteiger partial charge in [-0.3, -0.25) is 4.79 Å². The lowest BCUT2D eigenvalue weighted by Crippen LogP contribution is -2.49. The van der Waals surface area contributed by atoms with Gasteiger partial charge in [-0.15, -0.1) is 0 Å². The largest absolute Gasteiger partial charge is 0.339 e. The predicted molar refractivity (Wildman–Crippen MR) is 64.5 cm³/mol. The maximum absolute atomic E-state index is 11.6. The van der Waals surface area contributed by atoms with E-state index in [0.29, 0.717) is 13.0 Å². The molecule has 92 valence electrons. The lowest BCUT2D eigenvalue weighted by atomic mass is 10.3. The molecule has 0 aromatic carbocycles. The minimum Gasteiger partial charge on any atom is -0.339 e. The first-order valence-corrected chi connectivity index (χ1v) is 5.81. The molecule has 0 aliphatic carbocycles. The number of amides is 1. The third-order valence-corrected chi connectivity index (χ3v) is 2.83. The fraction of sp³-hybridized carbons (Fsp3) is 0.545.